The number of rotatable bonds is 4. The van der Waals surface area contributed by atoms with Crippen molar-refractivity contribution in [3.63, 3.8) is 0 Å². The molecule has 0 heterocycles. The van der Waals surface area contributed by atoms with Crippen LogP contribution in [-0.4, -0.2) is 13.2 Å². The summed E-state index contributed by atoms with van der Waals surface area (Å²) >= 11 is 3.52. The molecule has 2 rings (SSSR count). The van der Waals surface area contributed by atoms with Crippen molar-refractivity contribution >= 4 is 15.9 Å². The number of methoxy groups -OCH3 is 1. The Hall–Kier alpha value is -0.540. The molecule has 2 nitrogen and oxygen atoms in total. The molecule has 18 heavy (non-hydrogen) atoms. The lowest BCUT2D eigenvalue weighted by atomic mass is 9.92. The van der Waals surface area contributed by atoms with Crippen LogP contribution in [0.2, 0.25) is 0 Å². The minimum Gasteiger partial charge on any atom is -0.496 e. The highest BCUT2D eigenvalue weighted by atomic mass is 79.9. The van der Waals surface area contributed by atoms with E-state index in [1.165, 1.54) is 24.8 Å². The molecule has 0 aliphatic heterocycles. The number of nitrogens with two attached hydrogens (primary N) is 1. The zero-order valence-electron chi connectivity index (χ0n) is 11.2. The van der Waals surface area contributed by atoms with E-state index in [9.17, 15) is 0 Å². The van der Waals surface area contributed by atoms with E-state index in [1.807, 2.05) is 6.07 Å². The first kappa shape index (κ1) is 13.9. The van der Waals surface area contributed by atoms with E-state index < -0.39 is 0 Å². The van der Waals surface area contributed by atoms with E-state index in [0.717, 1.165) is 22.6 Å². The zero-order chi connectivity index (χ0) is 13.1. The van der Waals surface area contributed by atoms with E-state index >= 15 is 0 Å². The first-order valence-corrected chi connectivity index (χ1v) is 7.47. The fourth-order valence-electron chi connectivity index (χ4n) is 2.92. The number of ether oxygens (including phenoxy) is 1. The molecule has 0 spiro atoms. The summed E-state index contributed by atoms with van der Waals surface area (Å²) < 4.78 is 6.25. The van der Waals surface area contributed by atoms with Crippen LogP contribution >= 0.6 is 15.9 Å². The molecule has 1 aromatic carbocycles. The van der Waals surface area contributed by atoms with Gasteiger partial charge in [-0.3, -0.25) is 0 Å². The molecule has 0 aromatic heterocycles. The summed E-state index contributed by atoms with van der Waals surface area (Å²) in [6.07, 6.45) is 4.88. The summed E-state index contributed by atoms with van der Waals surface area (Å²) in [6, 6.07) is 6.53. The molecule has 0 amide bonds. The topological polar surface area (TPSA) is 35.2 Å². The minimum atomic E-state index is 0.287. The lowest BCUT2D eigenvalue weighted by Crippen LogP contribution is -2.30. The Morgan fingerprint density at radius 2 is 2.22 bits per heavy atom. The van der Waals surface area contributed by atoms with Crippen molar-refractivity contribution in [2.24, 2.45) is 17.6 Å². The first-order chi connectivity index (χ1) is 8.60. The lowest BCUT2D eigenvalue weighted by Gasteiger charge is -2.19. The van der Waals surface area contributed by atoms with Crippen LogP contribution in [0.4, 0.5) is 0 Å². The maximum absolute atomic E-state index is 6.35. The molecule has 3 heteroatoms. The first-order valence-electron chi connectivity index (χ1n) is 6.68. The predicted molar refractivity (Wildman–Crippen MR) is 78.9 cm³/mol. The van der Waals surface area contributed by atoms with Crippen LogP contribution < -0.4 is 10.5 Å². The summed E-state index contributed by atoms with van der Waals surface area (Å²) in [7, 11) is 1.69. The maximum atomic E-state index is 6.35. The molecule has 0 radical (unpaired) electrons. The summed E-state index contributed by atoms with van der Waals surface area (Å²) in [4.78, 5) is 0. The van der Waals surface area contributed by atoms with Crippen LogP contribution in [0.5, 0.6) is 5.75 Å². The zero-order valence-corrected chi connectivity index (χ0v) is 12.7. The van der Waals surface area contributed by atoms with Crippen molar-refractivity contribution in [2.75, 3.05) is 7.11 Å². The number of halogens is 1. The van der Waals surface area contributed by atoms with Crippen LogP contribution in [0, 0.1) is 11.8 Å². The molecule has 100 valence electrons. The van der Waals surface area contributed by atoms with Gasteiger partial charge in [-0.05, 0) is 64.7 Å². The summed E-state index contributed by atoms with van der Waals surface area (Å²) in [5.74, 6) is 2.42. The van der Waals surface area contributed by atoms with Crippen molar-refractivity contribution in [1.29, 1.82) is 0 Å². The van der Waals surface area contributed by atoms with Gasteiger partial charge in [-0.15, -0.1) is 0 Å². The van der Waals surface area contributed by atoms with Gasteiger partial charge in [-0.2, -0.15) is 0 Å². The second-order valence-corrected chi connectivity index (χ2v) is 6.37. The van der Waals surface area contributed by atoms with Gasteiger partial charge in [0.25, 0.3) is 0 Å². The van der Waals surface area contributed by atoms with Gasteiger partial charge >= 0.3 is 0 Å². The van der Waals surface area contributed by atoms with Gasteiger partial charge in [0.15, 0.2) is 0 Å². The fraction of sp³-hybridized carbons (Fsp3) is 0.600. The van der Waals surface area contributed by atoms with Crippen LogP contribution in [0.25, 0.3) is 0 Å². The van der Waals surface area contributed by atoms with Gasteiger partial charge in [0.05, 0.1) is 11.6 Å². The average molecular weight is 312 g/mol. The van der Waals surface area contributed by atoms with E-state index in [-0.39, 0.29) is 6.04 Å². The molecule has 1 aliphatic carbocycles. The Kier molecular flexibility index (Phi) is 4.68. The molecule has 1 aliphatic rings. The number of hydrogen-bond acceptors (Lipinski definition) is 2. The Bertz CT molecular complexity index is 407. The molecule has 3 atom stereocenters. The molecule has 0 bridgehead atoms. The van der Waals surface area contributed by atoms with Crippen molar-refractivity contribution in [1.82, 2.24) is 0 Å². The summed E-state index contributed by atoms with van der Waals surface area (Å²) in [5.41, 5.74) is 7.63. The molecule has 0 saturated heterocycles. The van der Waals surface area contributed by atoms with Gasteiger partial charge in [0.2, 0.25) is 0 Å². The summed E-state index contributed by atoms with van der Waals surface area (Å²) in [5, 5.41) is 0. The Balaban J connectivity index is 1.98. The van der Waals surface area contributed by atoms with E-state index in [2.05, 4.69) is 35.0 Å². The third-order valence-corrected chi connectivity index (χ3v) is 4.65. The molecule has 1 saturated carbocycles. The smallest absolute Gasteiger partial charge is 0.133 e. The second-order valence-electron chi connectivity index (χ2n) is 5.52. The molecular formula is C15H22BrNO. The van der Waals surface area contributed by atoms with Crippen LogP contribution in [-0.2, 0) is 6.42 Å². The molecule has 2 N–H and O–H groups in total. The van der Waals surface area contributed by atoms with Crippen molar-refractivity contribution in [2.45, 2.75) is 38.6 Å². The SMILES string of the molecule is COc1ccc(CC(N)C2CCC(C)C2)cc1Br. The monoisotopic (exact) mass is 311 g/mol. The quantitative estimate of drug-likeness (QED) is 0.918. The molecule has 1 fully saturated rings. The van der Waals surface area contributed by atoms with Gasteiger partial charge in [-0.25, -0.2) is 0 Å². The third kappa shape index (κ3) is 3.27. The van der Waals surface area contributed by atoms with E-state index in [0.29, 0.717) is 5.92 Å². The van der Waals surface area contributed by atoms with Crippen molar-refractivity contribution in [3.8, 4) is 5.75 Å². The minimum absolute atomic E-state index is 0.287. The standard InChI is InChI=1S/C15H22BrNO/c1-10-3-5-12(7-10)14(17)9-11-4-6-15(18-2)13(16)8-11/h4,6,8,10,12,14H,3,5,7,9,17H2,1-2H3. The van der Waals surface area contributed by atoms with Gasteiger partial charge in [0, 0.05) is 6.04 Å². The van der Waals surface area contributed by atoms with Crippen LogP contribution in [0.15, 0.2) is 22.7 Å². The molecular weight excluding hydrogens is 290 g/mol. The predicted octanol–water partition coefficient (Wildman–Crippen LogP) is 3.76. The number of hydrogen-bond donors (Lipinski definition) is 1. The van der Waals surface area contributed by atoms with Crippen LogP contribution in [0.3, 0.4) is 0 Å². The third-order valence-electron chi connectivity index (χ3n) is 4.03. The average Bonchev–Trinajstić information content (AvgIpc) is 2.76. The molecule has 1 aromatic rings. The van der Waals surface area contributed by atoms with Gasteiger partial charge in [0.1, 0.15) is 5.75 Å². The fourth-order valence-corrected chi connectivity index (χ4v) is 3.50. The summed E-state index contributed by atoms with van der Waals surface area (Å²) in [6.45, 7) is 2.33. The Morgan fingerprint density at radius 3 is 2.78 bits per heavy atom. The highest BCUT2D eigenvalue weighted by Gasteiger charge is 2.26. The normalized spacial score (nSPS) is 25.1. The maximum Gasteiger partial charge on any atom is 0.133 e. The van der Waals surface area contributed by atoms with Gasteiger partial charge < -0.3 is 10.5 Å². The highest BCUT2D eigenvalue weighted by Crippen LogP contribution is 2.33. The highest BCUT2D eigenvalue weighted by molar-refractivity contribution is 9.10. The van der Waals surface area contributed by atoms with E-state index in [1.54, 1.807) is 7.11 Å². The largest absolute Gasteiger partial charge is 0.496 e. The van der Waals surface area contributed by atoms with Crippen molar-refractivity contribution < 1.29 is 4.74 Å². The lowest BCUT2D eigenvalue weighted by molar-refractivity contribution is 0.408. The Labute approximate surface area is 118 Å². The van der Waals surface area contributed by atoms with E-state index in [4.69, 9.17) is 10.5 Å². The van der Waals surface area contributed by atoms with Crippen molar-refractivity contribution in [3.05, 3.63) is 28.2 Å². The van der Waals surface area contributed by atoms with Crippen LogP contribution in [0.1, 0.15) is 31.7 Å². The molecule has 3 unspecified atom stereocenters. The Morgan fingerprint density at radius 1 is 1.44 bits per heavy atom. The van der Waals surface area contributed by atoms with Gasteiger partial charge in [-0.1, -0.05) is 19.4 Å². The second kappa shape index (κ2) is 6.07. The number of benzene rings is 1.